The van der Waals surface area contributed by atoms with E-state index in [0.717, 1.165) is 23.1 Å². The number of nitrogens with two attached hydrogens (primary N) is 1. The van der Waals surface area contributed by atoms with Gasteiger partial charge in [0.05, 0.1) is 11.6 Å². The maximum atomic E-state index is 13.8. The number of rotatable bonds is 5. The molecule has 6 N–H and O–H groups in total. The lowest BCUT2D eigenvalue weighted by atomic mass is 9.58. The number of fused-ring (bicyclic) bond motifs is 3. The predicted molar refractivity (Wildman–Crippen MR) is 142 cm³/mol. The smallest absolute Gasteiger partial charge is 0.255 e. The highest BCUT2D eigenvalue weighted by molar-refractivity contribution is 6.24. The summed E-state index contributed by atoms with van der Waals surface area (Å²) in [5.74, 6) is -6.48. The van der Waals surface area contributed by atoms with E-state index in [2.05, 4.69) is 6.07 Å². The molecular formula is C30H32N2O7. The Bertz CT molecular complexity index is 1490. The van der Waals surface area contributed by atoms with Crippen LogP contribution in [-0.4, -0.2) is 68.5 Å². The van der Waals surface area contributed by atoms with Crippen molar-refractivity contribution in [3.05, 3.63) is 86.9 Å². The van der Waals surface area contributed by atoms with E-state index in [1.165, 1.54) is 11.0 Å². The molecule has 0 aliphatic heterocycles. The number of phenolic OH excluding ortho intramolecular Hbond substituents is 1. The molecule has 3 aliphatic rings. The van der Waals surface area contributed by atoms with Crippen LogP contribution in [0.15, 0.2) is 59.1 Å². The zero-order valence-electron chi connectivity index (χ0n) is 22.1. The minimum absolute atomic E-state index is 0.0394. The molecule has 2 aromatic rings. The highest BCUT2D eigenvalue weighted by Gasteiger charge is 2.63. The van der Waals surface area contributed by atoms with Crippen molar-refractivity contribution in [2.45, 2.75) is 44.2 Å². The van der Waals surface area contributed by atoms with Crippen LogP contribution in [0.4, 0.5) is 0 Å². The Kier molecular flexibility index (Phi) is 6.39. The fraction of sp³-hybridized carbons (Fsp3) is 0.367. The Morgan fingerprint density at radius 1 is 1.10 bits per heavy atom. The van der Waals surface area contributed by atoms with Crippen LogP contribution in [0, 0.1) is 18.8 Å². The standard InChI is InChI=1S/C30H32N2O7/c1-14-5-4-6-15(11-14)7-8-16-9-10-20(33)22-18(16)12-17-13-19-24(32(2)3)26(35)23(29(31)38)28(37)30(19,39)27(36)21(17)25(22)34/h4-6,9-11,17,19,24,33,35-36,39H,7-8,12-13H2,1-3H3,(H2,31,38)/t17?,19?,24-,30-/m0/s1. The maximum absolute atomic E-state index is 13.8. The second kappa shape index (κ2) is 9.36. The monoisotopic (exact) mass is 532 g/mol. The van der Waals surface area contributed by atoms with E-state index in [1.807, 2.05) is 25.1 Å². The van der Waals surface area contributed by atoms with E-state index >= 15 is 0 Å². The van der Waals surface area contributed by atoms with Gasteiger partial charge in [0.2, 0.25) is 5.78 Å². The van der Waals surface area contributed by atoms with Gasteiger partial charge >= 0.3 is 0 Å². The summed E-state index contributed by atoms with van der Waals surface area (Å²) < 4.78 is 0. The first-order chi connectivity index (χ1) is 18.4. The summed E-state index contributed by atoms with van der Waals surface area (Å²) in [7, 11) is 3.21. The normalized spacial score (nSPS) is 26.4. The van der Waals surface area contributed by atoms with Crippen molar-refractivity contribution < 1.29 is 34.8 Å². The molecule has 3 aliphatic carbocycles. The van der Waals surface area contributed by atoms with Gasteiger partial charge in [0.15, 0.2) is 11.4 Å². The Hall–Kier alpha value is -3.95. The molecule has 204 valence electrons. The summed E-state index contributed by atoms with van der Waals surface area (Å²) in [6.07, 6.45) is 1.69. The molecule has 0 fully saturated rings. The number of carbonyl (C=O) groups excluding carboxylic acids is 3. The Morgan fingerprint density at radius 2 is 1.82 bits per heavy atom. The molecule has 0 saturated heterocycles. The molecule has 39 heavy (non-hydrogen) atoms. The number of hydrogen-bond acceptors (Lipinski definition) is 8. The molecule has 9 heteroatoms. The molecule has 5 rings (SSSR count). The van der Waals surface area contributed by atoms with Gasteiger partial charge in [-0.1, -0.05) is 35.9 Å². The summed E-state index contributed by atoms with van der Waals surface area (Å²) >= 11 is 0. The molecule has 0 heterocycles. The van der Waals surface area contributed by atoms with Crippen LogP contribution in [-0.2, 0) is 28.9 Å². The van der Waals surface area contributed by atoms with Crippen LogP contribution in [0.1, 0.15) is 39.0 Å². The van der Waals surface area contributed by atoms with Crippen molar-refractivity contribution in [2.24, 2.45) is 17.6 Å². The van der Waals surface area contributed by atoms with Gasteiger partial charge in [0, 0.05) is 11.5 Å². The number of amides is 1. The summed E-state index contributed by atoms with van der Waals surface area (Å²) in [5.41, 5.74) is 5.65. The Labute approximate surface area is 225 Å². The van der Waals surface area contributed by atoms with E-state index in [1.54, 1.807) is 20.2 Å². The molecule has 0 radical (unpaired) electrons. The SMILES string of the molecule is Cc1cccc(CCc2ccc(O)c3c2CC2CC4[C@H](N(C)C)C(O)=C(C(N)=O)C(=O)[C@@]4(O)C(O)=C2C3=O)c1. The first kappa shape index (κ1) is 26.6. The van der Waals surface area contributed by atoms with E-state index in [0.29, 0.717) is 12.0 Å². The second-order valence-corrected chi connectivity index (χ2v) is 11.0. The molecule has 9 nitrogen and oxygen atoms in total. The highest BCUT2D eigenvalue weighted by Crippen LogP contribution is 2.52. The number of aliphatic hydroxyl groups excluding tert-OH is 2. The highest BCUT2D eigenvalue weighted by atomic mass is 16.3. The Morgan fingerprint density at radius 3 is 2.46 bits per heavy atom. The fourth-order valence-electron chi connectivity index (χ4n) is 6.70. The van der Waals surface area contributed by atoms with Gasteiger partial charge in [-0.25, -0.2) is 0 Å². The number of aliphatic hydroxyl groups is 3. The van der Waals surface area contributed by atoms with Crippen LogP contribution in [0.2, 0.25) is 0 Å². The van der Waals surface area contributed by atoms with Crippen LogP contribution in [0.3, 0.4) is 0 Å². The van der Waals surface area contributed by atoms with Gasteiger partial charge in [0.1, 0.15) is 22.8 Å². The van der Waals surface area contributed by atoms with Crippen molar-refractivity contribution in [3.63, 3.8) is 0 Å². The maximum Gasteiger partial charge on any atom is 0.255 e. The number of carbonyl (C=O) groups is 3. The average Bonchev–Trinajstić information content (AvgIpc) is 2.85. The third kappa shape index (κ3) is 3.95. The molecule has 0 saturated carbocycles. The zero-order valence-corrected chi connectivity index (χ0v) is 22.1. The summed E-state index contributed by atoms with van der Waals surface area (Å²) in [6, 6.07) is 10.4. The van der Waals surface area contributed by atoms with Crippen molar-refractivity contribution >= 4 is 17.5 Å². The van der Waals surface area contributed by atoms with Crippen LogP contribution >= 0.6 is 0 Å². The molecule has 4 atom stereocenters. The van der Waals surface area contributed by atoms with Crippen molar-refractivity contribution in [1.82, 2.24) is 4.90 Å². The second-order valence-electron chi connectivity index (χ2n) is 11.0. The van der Waals surface area contributed by atoms with E-state index < -0.39 is 58.0 Å². The molecule has 0 aromatic heterocycles. The third-order valence-corrected chi connectivity index (χ3v) is 8.47. The number of aryl methyl sites for hydroxylation is 3. The summed E-state index contributed by atoms with van der Waals surface area (Å²) in [5, 5.41) is 44.6. The first-order valence-corrected chi connectivity index (χ1v) is 12.9. The lowest BCUT2D eigenvalue weighted by Crippen LogP contribution is -2.63. The van der Waals surface area contributed by atoms with Gasteiger partial charge in [0.25, 0.3) is 5.91 Å². The van der Waals surface area contributed by atoms with E-state index in [9.17, 15) is 34.8 Å². The molecule has 2 aromatic carbocycles. The van der Waals surface area contributed by atoms with Crippen molar-refractivity contribution in [1.29, 1.82) is 0 Å². The number of allylic oxidation sites excluding steroid dienone is 1. The number of nitrogens with zero attached hydrogens (tertiary/aromatic N) is 1. The third-order valence-electron chi connectivity index (χ3n) is 8.47. The van der Waals surface area contributed by atoms with E-state index in [-0.39, 0.29) is 29.7 Å². The van der Waals surface area contributed by atoms with Crippen LogP contribution < -0.4 is 5.73 Å². The molecule has 2 unspecified atom stereocenters. The number of hydrogen-bond donors (Lipinski definition) is 5. The van der Waals surface area contributed by atoms with Gasteiger partial charge < -0.3 is 26.2 Å². The zero-order chi connectivity index (χ0) is 28.4. The summed E-state index contributed by atoms with van der Waals surface area (Å²) in [4.78, 5) is 40.8. The number of primary amides is 1. The Balaban J connectivity index is 1.61. The largest absolute Gasteiger partial charge is 0.510 e. The molecule has 0 bridgehead atoms. The van der Waals surface area contributed by atoms with Crippen molar-refractivity contribution in [3.8, 4) is 5.75 Å². The number of aromatic hydroxyl groups is 1. The summed E-state index contributed by atoms with van der Waals surface area (Å²) in [6.45, 7) is 2.02. The number of ketones is 2. The van der Waals surface area contributed by atoms with Gasteiger partial charge in [-0.3, -0.25) is 19.3 Å². The number of benzene rings is 2. The number of likely N-dealkylation sites (N-methyl/N-ethyl adjacent to an activating group) is 1. The van der Waals surface area contributed by atoms with Crippen LogP contribution in [0.5, 0.6) is 5.75 Å². The minimum Gasteiger partial charge on any atom is -0.510 e. The van der Waals surface area contributed by atoms with Crippen molar-refractivity contribution in [2.75, 3.05) is 14.1 Å². The lowest BCUT2D eigenvalue weighted by molar-refractivity contribution is -0.148. The quantitative estimate of drug-likeness (QED) is 0.366. The topological polar surface area (TPSA) is 161 Å². The molecule has 0 spiro atoms. The lowest BCUT2D eigenvalue weighted by Gasteiger charge is -2.50. The van der Waals surface area contributed by atoms with Crippen LogP contribution in [0.25, 0.3) is 0 Å². The number of Topliss-reactive ketones (excluding diaryl/α,β-unsaturated/α-hetero) is 2. The minimum atomic E-state index is -2.64. The average molecular weight is 533 g/mol. The van der Waals surface area contributed by atoms with Gasteiger partial charge in [-0.15, -0.1) is 0 Å². The molecular weight excluding hydrogens is 500 g/mol. The number of phenols is 1. The predicted octanol–water partition coefficient (Wildman–Crippen LogP) is 2.21. The van der Waals surface area contributed by atoms with Gasteiger partial charge in [-0.2, -0.15) is 0 Å². The van der Waals surface area contributed by atoms with Gasteiger partial charge in [-0.05, 0) is 75.4 Å². The molecule has 1 amide bonds. The van der Waals surface area contributed by atoms with E-state index in [4.69, 9.17) is 5.73 Å². The fourth-order valence-corrected chi connectivity index (χ4v) is 6.70. The first-order valence-electron chi connectivity index (χ1n) is 12.9.